The van der Waals surface area contributed by atoms with E-state index in [0.29, 0.717) is 11.4 Å². The third kappa shape index (κ3) is 6.16. The second-order valence-electron chi connectivity index (χ2n) is 7.93. The van der Waals surface area contributed by atoms with Crippen molar-refractivity contribution in [3.63, 3.8) is 0 Å². The summed E-state index contributed by atoms with van der Waals surface area (Å²) in [4.78, 5) is 43.2. The number of primary sulfonamides is 1. The Bertz CT molecular complexity index is 1390. The van der Waals surface area contributed by atoms with Crippen LogP contribution in [-0.4, -0.2) is 78.1 Å². The molecule has 0 spiro atoms. The number of likely N-dealkylation sites (N-methyl/N-ethyl adjacent to an activating group) is 1. The van der Waals surface area contributed by atoms with Gasteiger partial charge in [0.25, 0.3) is 11.8 Å². The van der Waals surface area contributed by atoms with E-state index >= 15 is 0 Å². The standard InChI is InChI=1S/C21H23N7O7S2/c1-3-34-21(31)18-17(35-18)19(29)24-15(8-12-10-36-11-23-12)20(30)27(2)16-9-28(26-25-16)13-4-6-14(7-5-13)37(22,32)33/h4-7,9-11,15,17-18H,3,8H2,1-2H3,(H,24,29)(H2,22,32,33)/t15-,17-,18-/m0/s1. The summed E-state index contributed by atoms with van der Waals surface area (Å²) in [7, 11) is -2.38. The molecule has 0 unspecified atom stereocenters. The van der Waals surface area contributed by atoms with Crippen LogP contribution < -0.4 is 15.4 Å². The predicted octanol–water partition coefficient (Wildman–Crippen LogP) is -0.608. The normalized spacial score (nSPS) is 17.6. The summed E-state index contributed by atoms with van der Waals surface area (Å²) >= 11 is 1.34. The van der Waals surface area contributed by atoms with Gasteiger partial charge in [-0.15, -0.1) is 16.4 Å². The number of carbonyl (C=O) groups excluding carboxylic acids is 3. The number of hydrogen-bond donors (Lipinski definition) is 2. The lowest BCUT2D eigenvalue weighted by Crippen LogP contribution is -2.50. The number of thiazole rings is 1. The Kier molecular flexibility index (Phi) is 7.63. The van der Waals surface area contributed by atoms with Crippen LogP contribution >= 0.6 is 11.3 Å². The van der Waals surface area contributed by atoms with Gasteiger partial charge in [0.05, 0.1) is 34.6 Å². The zero-order chi connectivity index (χ0) is 26.7. The van der Waals surface area contributed by atoms with Crippen molar-refractivity contribution in [2.75, 3.05) is 18.6 Å². The largest absolute Gasteiger partial charge is 0.464 e. The molecule has 1 saturated heterocycles. The Balaban J connectivity index is 1.48. The zero-order valence-corrected chi connectivity index (χ0v) is 21.3. The first-order valence-corrected chi connectivity index (χ1v) is 13.4. The number of amides is 2. The van der Waals surface area contributed by atoms with Gasteiger partial charge in [0.15, 0.2) is 18.0 Å². The second-order valence-corrected chi connectivity index (χ2v) is 10.2. The van der Waals surface area contributed by atoms with Crippen LogP contribution in [-0.2, 0) is 40.3 Å². The molecule has 37 heavy (non-hydrogen) atoms. The van der Waals surface area contributed by atoms with Crippen molar-refractivity contribution in [1.29, 1.82) is 0 Å². The van der Waals surface area contributed by atoms with Gasteiger partial charge in [-0.2, -0.15) is 0 Å². The highest BCUT2D eigenvalue weighted by Crippen LogP contribution is 2.24. The molecule has 1 aliphatic rings. The zero-order valence-electron chi connectivity index (χ0n) is 19.7. The topological polar surface area (TPSA) is 192 Å². The molecule has 3 aromatic rings. The smallest absolute Gasteiger partial charge is 0.338 e. The van der Waals surface area contributed by atoms with E-state index in [2.05, 4.69) is 20.6 Å². The average Bonchev–Trinajstić information content (AvgIpc) is 3.24. The molecule has 1 aliphatic heterocycles. The summed E-state index contributed by atoms with van der Waals surface area (Å²) in [6.07, 6.45) is -0.491. The maximum atomic E-state index is 13.4. The molecule has 3 atom stereocenters. The summed E-state index contributed by atoms with van der Waals surface area (Å²) in [5.74, 6) is -1.61. The van der Waals surface area contributed by atoms with Crippen molar-refractivity contribution in [2.45, 2.75) is 36.5 Å². The van der Waals surface area contributed by atoms with Gasteiger partial charge in [0.2, 0.25) is 10.0 Å². The van der Waals surface area contributed by atoms with E-state index in [0.717, 1.165) is 0 Å². The number of ether oxygens (including phenoxy) is 2. The molecular formula is C21H23N7O7S2. The number of nitrogens with two attached hydrogens (primary N) is 1. The number of aromatic nitrogens is 4. The Morgan fingerprint density at radius 2 is 2.00 bits per heavy atom. The van der Waals surface area contributed by atoms with E-state index in [9.17, 15) is 22.8 Å². The highest BCUT2D eigenvalue weighted by atomic mass is 32.2. The van der Waals surface area contributed by atoms with E-state index in [1.54, 1.807) is 17.8 Å². The Morgan fingerprint density at radius 1 is 1.27 bits per heavy atom. The molecule has 196 valence electrons. The van der Waals surface area contributed by atoms with Gasteiger partial charge in [0.1, 0.15) is 6.04 Å². The Labute approximate surface area is 215 Å². The number of rotatable bonds is 10. The van der Waals surface area contributed by atoms with Crippen LogP contribution in [0.3, 0.4) is 0 Å². The summed E-state index contributed by atoms with van der Waals surface area (Å²) < 4.78 is 34.3. The molecule has 16 heteroatoms. The van der Waals surface area contributed by atoms with Gasteiger partial charge in [-0.3, -0.25) is 14.5 Å². The number of epoxide rings is 1. The molecular weight excluding hydrogens is 526 g/mol. The Hall–Kier alpha value is -3.73. The van der Waals surface area contributed by atoms with Gasteiger partial charge in [-0.1, -0.05) is 5.21 Å². The molecule has 3 heterocycles. The van der Waals surface area contributed by atoms with Crippen LogP contribution in [0.15, 0.2) is 46.2 Å². The number of nitrogens with zero attached hydrogens (tertiary/aromatic N) is 5. The first-order chi connectivity index (χ1) is 17.6. The lowest BCUT2D eigenvalue weighted by molar-refractivity contribution is -0.144. The summed E-state index contributed by atoms with van der Waals surface area (Å²) in [5.41, 5.74) is 2.68. The number of sulfonamides is 1. The molecule has 1 aromatic carbocycles. The highest BCUT2D eigenvalue weighted by molar-refractivity contribution is 7.89. The Morgan fingerprint density at radius 3 is 2.62 bits per heavy atom. The maximum absolute atomic E-state index is 13.4. The van der Waals surface area contributed by atoms with Crippen molar-refractivity contribution < 1.29 is 32.3 Å². The second kappa shape index (κ2) is 10.7. The van der Waals surface area contributed by atoms with E-state index in [1.165, 1.54) is 58.4 Å². The van der Waals surface area contributed by atoms with Gasteiger partial charge in [-0.05, 0) is 31.2 Å². The van der Waals surface area contributed by atoms with E-state index in [1.807, 2.05) is 0 Å². The van der Waals surface area contributed by atoms with Crippen LogP contribution in [0.1, 0.15) is 12.6 Å². The SMILES string of the molecule is CCOC(=O)[C@H]1O[C@@H]1C(=O)N[C@@H](Cc1cscn1)C(=O)N(C)c1cn(-c2ccc(S(N)(=O)=O)cc2)nn1. The van der Waals surface area contributed by atoms with Crippen LogP contribution in [0.5, 0.6) is 0 Å². The van der Waals surface area contributed by atoms with Crippen molar-refractivity contribution in [3.8, 4) is 5.69 Å². The number of carbonyl (C=O) groups is 3. The number of esters is 1. The monoisotopic (exact) mass is 549 g/mol. The van der Waals surface area contributed by atoms with Crippen LogP contribution in [0.4, 0.5) is 5.82 Å². The fourth-order valence-electron chi connectivity index (χ4n) is 3.39. The lowest BCUT2D eigenvalue weighted by Gasteiger charge is -2.22. The van der Waals surface area contributed by atoms with Gasteiger partial charge >= 0.3 is 5.97 Å². The first-order valence-electron chi connectivity index (χ1n) is 10.9. The molecule has 3 N–H and O–H groups in total. The molecule has 0 saturated carbocycles. The lowest BCUT2D eigenvalue weighted by atomic mass is 10.1. The minimum absolute atomic E-state index is 0.0608. The van der Waals surface area contributed by atoms with Crippen LogP contribution in [0.25, 0.3) is 5.69 Å². The average molecular weight is 550 g/mol. The maximum Gasteiger partial charge on any atom is 0.338 e. The van der Waals surface area contributed by atoms with E-state index in [-0.39, 0.29) is 23.7 Å². The number of hydrogen-bond acceptors (Lipinski definition) is 11. The summed E-state index contributed by atoms with van der Waals surface area (Å²) in [6.45, 7) is 1.79. The predicted molar refractivity (Wildman–Crippen MR) is 129 cm³/mol. The van der Waals surface area contributed by atoms with Crippen LogP contribution in [0.2, 0.25) is 0 Å². The first kappa shape index (κ1) is 26.3. The summed E-state index contributed by atoms with van der Waals surface area (Å²) in [6, 6.07) is 4.58. The van der Waals surface area contributed by atoms with Crippen molar-refractivity contribution in [2.24, 2.45) is 5.14 Å². The molecule has 4 rings (SSSR count). The molecule has 14 nitrogen and oxygen atoms in total. The minimum Gasteiger partial charge on any atom is -0.464 e. The van der Waals surface area contributed by atoms with Crippen molar-refractivity contribution >= 4 is 45.0 Å². The fourth-order valence-corrected chi connectivity index (χ4v) is 4.47. The molecule has 0 bridgehead atoms. The third-order valence-corrected chi connectivity index (χ3v) is 6.93. The highest BCUT2D eigenvalue weighted by Gasteiger charge is 2.52. The van der Waals surface area contributed by atoms with Crippen molar-refractivity contribution in [3.05, 3.63) is 47.0 Å². The minimum atomic E-state index is -3.85. The van der Waals surface area contributed by atoms with Gasteiger partial charge in [-0.25, -0.2) is 28.0 Å². The molecule has 2 aromatic heterocycles. The number of anilines is 1. The number of benzene rings is 1. The van der Waals surface area contributed by atoms with Gasteiger partial charge < -0.3 is 14.8 Å². The summed E-state index contributed by atoms with van der Waals surface area (Å²) in [5, 5.41) is 17.5. The molecule has 2 amide bonds. The van der Waals surface area contributed by atoms with E-state index < -0.39 is 46.1 Å². The molecule has 0 radical (unpaired) electrons. The molecule has 1 fully saturated rings. The van der Waals surface area contributed by atoms with Gasteiger partial charge in [0, 0.05) is 18.8 Å². The van der Waals surface area contributed by atoms with Crippen molar-refractivity contribution in [1.82, 2.24) is 25.3 Å². The quantitative estimate of drug-likeness (QED) is 0.243. The number of nitrogens with one attached hydrogen (secondary N) is 1. The van der Waals surface area contributed by atoms with E-state index in [4.69, 9.17) is 14.6 Å². The third-order valence-electron chi connectivity index (χ3n) is 5.37. The van der Waals surface area contributed by atoms with Crippen LogP contribution in [0, 0.1) is 0 Å². The molecule has 0 aliphatic carbocycles. The fraction of sp³-hybridized carbons (Fsp3) is 0.333.